The van der Waals surface area contributed by atoms with Crippen molar-refractivity contribution in [2.75, 3.05) is 23.4 Å². The van der Waals surface area contributed by atoms with Gasteiger partial charge in [0.25, 0.3) is 0 Å². The molecule has 0 saturated heterocycles. The molecule has 24 heavy (non-hydrogen) atoms. The second kappa shape index (κ2) is 7.73. The van der Waals surface area contributed by atoms with E-state index in [4.69, 9.17) is 0 Å². The van der Waals surface area contributed by atoms with Crippen molar-refractivity contribution >= 4 is 51.2 Å². The molecule has 0 aliphatic rings. The van der Waals surface area contributed by atoms with E-state index in [9.17, 15) is 4.79 Å². The van der Waals surface area contributed by atoms with Crippen molar-refractivity contribution in [2.24, 2.45) is 0 Å². The van der Waals surface area contributed by atoms with Crippen LogP contribution in [0.2, 0.25) is 0 Å². The SMILES string of the molecule is CNc1nnc(SCC(=O)Nc2cccc(-c3csc(C)n3)c2)s1. The number of hydrogen-bond acceptors (Lipinski definition) is 8. The second-order valence-corrected chi connectivity index (χ2v) is 8.05. The number of amides is 1. The first-order valence-electron chi connectivity index (χ1n) is 7.10. The van der Waals surface area contributed by atoms with Crippen molar-refractivity contribution in [3.05, 3.63) is 34.7 Å². The van der Waals surface area contributed by atoms with Gasteiger partial charge in [0.1, 0.15) is 0 Å². The number of carbonyl (C=O) groups excluding carboxylic acids is 1. The van der Waals surface area contributed by atoms with Gasteiger partial charge < -0.3 is 10.6 Å². The number of aromatic nitrogens is 3. The van der Waals surface area contributed by atoms with Crippen LogP contribution in [-0.4, -0.2) is 33.9 Å². The van der Waals surface area contributed by atoms with Crippen LogP contribution in [0.3, 0.4) is 0 Å². The minimum absolute atomic E-state index is 0.0761. The fourth-order valence-corrected chi connectivity index (χ4v) is 4.07. The van der Waals surface area contributed by atoms with Gasteiger partial charge in [0.15, 0.2) is 4.34 Å². The van der Waals surface area contributed by atoms with Crippen molar-refractivity contribution in [2.45, 2.75) is 11.3 Å². The summed E-state index contributed by atoms with van der Waals surface area (Å²) >= 11 is 4.41. The number of rotatable bonds is 6. The maximum Gasteiger partial charge on any atom is 0.234 e. The Morgan fingerprint density at radius 2 is 2.21 bits per heavy atom. The largest absolute Gasteiger partial charge is 0.363 e. The molecule has 0 unspecified atom stereocenters. The lowest BCUT2D eigenvalue weighted by molar-refractivity contribution is -0.113. The van der Waals surface area contributed by atoms with Crippen LogP contribution in [0.1, 0.15) is 5.01 Å². The van der Waals surface area contributed by atoms with Crippen molar-refractivity contribution in [3.63, 3.8) is 0 Å². The zero-order valence-corrected chi connectivity index (χ0v) is 15.5. The van der Waals surface area contributed by atoms with E-state index in [2.05, 4.69) is 25.8 Å². The minimum atomic E-state index is -0.0761. The first-order valence-corrected chi connectivity index (χ1v) is 9.78. The van der Waals surface area contributed by atoms with Gasteiger partial charge in [-0.2, -0.15) is 0 Å². The van der Waals surface area contributed by atoms with E-state index in [0.717, 1.165) is 31.4 Å². The topological polar surface area (TPSA) is 79.8 Å². The van der Waals surface area contributed by atoms with Gasteiger partial charge in [0.2, 0.25) is 11.0 Å². The zero-order valence-electron chi connectivity index (χ0n) is 13.1. The quantitative estimate of drug-likeness (QED) is 0.637. The molecule has 2 aromatic heterocycles. The fraction of sp³-hybridized carbons (Fsp3) is 0.200. The first-order chi connectivity index (χ1) is 11.6. The molecule has 0 fully saturated rings. The molecule has 6 nitrogen and oxygen atoms in total. The van der Waals surface area contributed by atoms with Crippen LogP contribution in [0.25, 0.3) is 11.3 Å². The van der Waals surface area contributed by atoms with Gasteiger partial charge in [-0.05, 0) is 19.1 Å². The molecule has 3 aromatic rings. The third-order valence-corrected chi connectivity index (χ3v) is 5.86. The average Bonchev–Trinajstić information content (AvgIpc) is 3.22. The van der Waals surface area contributed by atoms with Gasteiger partial charge in [-0.1, -0.05) is 35.2 Å². The molecule has 124 valence electrons. The summed E-state index contributed by atoms with van der Waals surface area (Å²) in [5.41, 5.74) is 2.68. The lowest BCUT2D eigenvalue weighted by atomic mass is 10.1. The maximum absolute atomic E-state index is 12.1. The van der Waals surface area contributed by atoms with Crippen molar-refractivity contribution in [1.29, 1.82) is 0 Å². The van der Waals surface area contributed by atoms with E-state index >= 15 is 0 Å². The van der Waals surface area contributed by atoms with Gasteiger partial charge in [-0.15, -0.1) is 21.5 Å². The molecule has 2 N–H and O–H groups in total. The summed E-state index contributed by atoms with van der Waals surface area (Å²) in [6.45, 7) is 1.98. The Balaban J connectivity index is 1.60. The highest BCUT2D eigenvalue weighted by atomic mass is 32.2. The highest BCUT2D eigenvalue weighted by Gasteiger charge is 2.09. The normalized spacial score (nSPS) is 10.6. The number of thiazole rings is 1. The third kappa shape index (κ3) is 4.31. The van der Waals surface area contributed by atoms with Crippen LogP contribution in [0.15, 0.2) is 34.0 Å². The van der Waals surface area contributed by atoms with E-state index in [-0.39, 0.29) is 5.91 Å². The Hall–Kier alpha value is -1.97. The van der Waals surface area contributed by atoms with E-state index < -0.39 is 0 Å². The number of nitrogens with zero attached hydrogens (tertiary/aromatic N) is 3. The van der Waals surface area contributed by atoms with Crippen molar-refractivity contribution < 1.29 is 4.79 Å². The zero-order chi connectivity index (χ0) is 16.9. The van der Waals surface area contributed by atoms with Crippen LogP contribution >= 0.6 is 34.4 Å². The highest BCUT2D eigenvalue weighted by molar-refractivity contribution is 8.01. The second-order valence-electron chi connectivity index (χ2n) is 4.79. The molecule has 9 heteroatoms. The Bertz CT molecular complexity index is 845. The Labute approximate surface area is 151 Å². The van der Waals surface area contributed by atoms with E-state index in [1.54, 1.807) is 18.4 Å². The highest BCUT2D eigenvalue weighted by Crippen LogP contribution is 2.26. The predicted octanol–water partition coefficient (Wildman–Crippen LogP) is 3.74. The molecule has 1 aromatic carbocycles. The van der Waals surface area contributed by atoms with Gasteiger partial charge >= 0.3 is 0 Å². The average molecular weight is 378 g/mol. The molecule has 0 bridgehead atoms. The number of carbonyl (C=O) groups is 1. The summed E-state index contributed by atoms with van der Waals surface area (Å²) in [5, 5.41) is 17.6. The number of aryl methyl sites for hydroxylation is 1. The van der Waals surface area contributed by atoms with E-state index in [1.807, 2.05) is 36.6 Å². The van der Waals surface area contributed by atoms with Crippen LogP contribution in [0.5, 0.6) is 0 Å². The Kier molecular flexibility index (Phi) is 5.44. The van der Waals surface area contributed by atoms with Crippen LogP contribution in [0.4, 0.5) is 10.8 Å². The molecule has 0 aliphatic heterocycles. The number of hydrogen-bond donors (Lipinski definition) is 2. The molecular weight excluding hydrogens is 362 g/mol. The van der Waals surface area contributed by atoms with Gasteiger partial charge in [0, 0.05) is 23.7 Å². The molecule has 0 aliphatic carbocycles. The van der Waals surface area contributed by atoms with Crippen molar-refractivity contribution in [3.8, 4) is 11.3 Å². The molecule has 1 amide bonds. The molecule has 0 spiro atoms. The van der Waals surface area contributed by atoms with E-state index in [0.29, 0.717) is 5.75 Å². The van der Waals surface area contributed by atoms with E-state index in [1.165, 1.54) is 23.1 Å². The van der Waals surface area contributed by atoms with Crippen LogP contribution in [0, 0.1) is 6.92 Å². The fourth-order valence-electron chi connectivity index (χ4n) is 1.95. The molecule has 3 rings (SSSR count). The van der Waals surface area contributed by atoms with Gasteiger partial charge in [0.05, 0.1) is 16.5 Å². The standard InChI is InChI=1S/C15H15N5OS3/c1-9-17-12(7-22-9)10-4-3-5-11(6-10)18-13(21)8-23-15-20-19-14(16-2)24-15/h3-7H,8H2,1-2H3,(H,16,19)(H,18,21). The summed E-state index contributed by atoms with van der Waals surface area (Å²) in [5.74, 6) is 0.214. The first kappa shape index (κ1) is 16.9. The lowest BCUT2D eigenvalue weighted by Crippen LogP contribution is -2.13. The third-order valence-electron chi connectivity index (χ3n) is 3.01. The Morgan fingerprint density at radius 3 is 2.92 bits per heavy atom. The molecular formula is C15H15N5OS3. The minimum Gasteiger partial charge on any atom is -0.363 e. The maximum atomic E-state index is 12.1. The molecule has 0 radical (unpaired) electrons. The van der Waals surface area contributed by atoms with Gasteiger partial charge in [-0.3, -0.25) is 4.79 Å². The Morgan fingerprint density at radius 1 is 1.33 bits per heavy atom. The van der Waals surface area contributed by atoms with Crippen LogP contribution < -0.4 is 10.6 Å². The molecule has 2 heterocycles. The lowest BCUT2D eigenvalue weighted by Gasteiger charge is -2.06. The van der Waals surface area contributed by atoms with Crippen LogP contribution in [-0.2, 0) is 4.79 Å². The van der Waals surface area contributed by atoms with Crippen molar-refractivity contribution in [1.82, 2.24) is 15.2 Å². The summed E-state index contributed by atoms with van der Waals surface area (Å²) < 4.78 is 0.765. The summed E-state index contributed by atoms with van der Waals surface area (Å²) in [7, 11) is 1.79. The smallest absolute Gasteiger partial charge is 0.234 e. The summed E-state index contributed by atoms with van der Waals surface area (Å²) in [4.78, 5) is 16.6. The number of thioether (sulfide) groups is 1. The monoisotopic (exact) mass is 377 g/mol. The number of nitrogens with one attached hydrogen (secondary N) is 2. The number of anilines is 2. The van der Waals surface area contributed by atoms with Gasteiger partial charge in [-0.25, -0.2) is 4.98 Å². The summed E-state index contributed by atoms with van der Waals surface area (Å²) in [6.07, 6.45) is 0. The molecule has 0 atom stereocenters. The predicted molar refractivity (Wildman–Crippen MR) is 101 cm³/mol. The molecule has 0 saturated carbocycles. The summed E-state index contributed by atoms with van der Waals surface area (Å²) in [6, 6.07) is 7.70. The number of benzene rings is 1.